The van der Waals surface area contributed by atoms with Gasteiger partial charge in [0.25, 0.3) is 0 Å². The van der Waals surface area contributed by atoms with E-state index in [0.29, 0.717) is 11.0 Å². The Balaban J connectivity index is 0.000000980. The molecule has 0 aliphatic heterocycles. The van der Waals surface area contributed by atoms with Gasteiger partial charge in [-0.05, 0) is 17.7 Å². The molecule has 0 spiro atoms. The van der Waals surface area contributed by atoms with Gasteiger partial charge in [0, 0.05) is 12.4 Å². The number of aromatic carboxylic acids is 1. The second-order valence-electron chi connectivity index (χ2n) is 2.55. The van der Waals surface area contributed by atoms with Crippen molar-refractivity contribution in [3.8, 4) is 0 Å². The number of carboxylic acids is 1. The average molecular weight is 212 g/mol. The minimum Gasteiger partial charge on any atom is -0.545 e. The first-order chi connectivity index (χ1) is 6.27. The quantitative estimate of drug-likeness (QED) is 0.472. The van der Waals surface area contributed by atoms with Crippen molar-refractivity contribution in [3.05, 3.63) is 36.2 Å². The summed E-state index contributed by atoms with van der Waals surface area (Å²) in [6.45, 7) is 0. The van der Waals surface area contributed by atoms with Crippen LogP contribution in [0.2, 0.25) is 0 Å². The molecule has 0 saturated carbocycles. The zero-order chi connectivity index (χ0) is 9.26. The Morgan fingerprint density at radius 2 is 1.79 bits per heavy atom. The fourth-order valence-corrected chi connectivity index (χ4v) is 1.09. The first kappa shape index (κ1) is 11.7. The van der Waals surface area contributed by atoms with Crippen molar-refractivity contribution < 1.29 is 61.3 Å². The number of benzene rings is 1. The molecule has 0 radical (unpaired) electrons. The van der Waals surface area contributed by atoms with Crippen LogP contribution in [0, 0.1) is 0 Å². The van der Waals surface area contributed by atoms with Crippen LogP contribution in [0.5, 0.6) is 0 Å². The number of fused-ring (bicyclic) bond motifs is 1. The number of carbonyl (C=O) groups excluding carboxylic acids is 1. The number of hydrogen-bond donors (Lipinski definition) is 0. The third kappa shape index (κ3) is 2.37. The first-order valence-electron chi connectivity index (χ1n) is 3.69. The maximum absolute atomic E-state index is 10.5. The first-order valence-corrected chi connectivity index (χ1v) is 3.69. The standard InChI is InChI=1S/C9H6N2O2.K/c12-9(13)6-1-2-7-8(5-6)11-4-3-10-7;/h1-5H,(H,12,13);/q;+1/p-1. The summed E-state index contributed by atoms with van der Waals surface area (Å²) in [5, 5.41) is 10.5. The Hall–Kier alpha value is -0.334. The SMILES string of the molecule is O=C([O-])c1ccc2nccnc2c1.[K+]. The Morgan fingerprint density at radius 3 is 2.43 bits per heavy atom. The molecule has 0 fully saturated rings. The van der Waals surface area contributed by atoms with Crippen LogP contribution in [-0.2, 0) is 0 Å². The second kappa shape index (κ2) is 4.95. The minimum atomic E-state index is -1.20. The molecule has 0 unspecified atom stereocenters. The van der Waals surface area contributed by atoms with Gasteiger partial charge in [0.05, 0.1) is 17.0 Å². The van der Waals surface area contributed by atoms with E-state index in [1.807, 2.05) is 0 Å². The van der Waals surface area contributed by atoms with Crippen molar-refractivity contribution in [3.63, 3.8) is 0 Å². The maximum Gasteiger partial charge on any atom is 1.00 e. The Morgan fingerprint density at radius 1 is 1.14 bits per heavy atom. The smallest absolute Gasteiger partial charge is 0.545 e. The molecule has 0 saturated heterocycles. The maximum atomic E-state index is 10.5. The predicted octanol–water partition coefficient (Wildman–Crippen LogP) is -3.00. The fourth-order valence-electron chi connectivity index (χ4n) is 1.09. The van der Waals surface area contributed by atoms with E-state index < -0.39 is 5.97 Å². The van der Waals surface area contributed by atoms with Crippen molar-refractivity contribution >= 4 is 17.0 Å². The van der Waals surface area contributed by atoms with Crippen LogP contribution in [0.4, 0.5) is 0 Å². The number of nitrogens with zero attached hydrogens (tertiary/aromatic N) is 2. The molecule has 0 amide bonds. The van der Waals surface area contributed by atoms with E-state index in [-0.39, 0.29) is 56.9 Å². The second-order valence-corrected chi connectivity index (χ2v) is 2.55. The number of carboxylic acid groups (broad SMARTS) is 1. The van der Waals surface area contributed by atoms with E-state index in [1.54, 1.807) is 12.3 Å². The van der Waals surface area contributed by atoms with Gasteiger partial charge in [-0.2, -0.15) is 0 Å². The van der Waals surface area contributed by atoms with Crippen LogP contribution in [-0.4, -0.2) is 15.9 Å². The normalized spacial score (nSPS) is 9.43. The average Bonchev–Trinajstić information content (AvgIpc) is 2.17. The number of hydrogen-bond acceptors (Lipinski definition) is 4. The van der Waals surface area contributed by atoms with E-state index in [0.717, 1.165) is 0 Å². The van der Waals surface area contributed by atoms with E-state index in [9.17, 15) is 9.90 Å². The molecule has 0 aliphatic rings. The van der Waals surface area contributed by atoms with E-state index >= 15 is 0 Å². The molecule has 2 rings (SSSR count). The van der Waals surface area contributed by atoms with Crippen LogP contribution in [0.15, 0.2) is 30.6 Å². The van der Waals surface area contributed by atoms with Gasteiger partial charge < -0.3 is 9.90 Å². The van der Waals surface area contributed by atoms with Crippen molar-refractivity contribution in [2.75, 3.05) is 0 Å². The number of aromatic nitrogens is 2. The summed E-state index contributed by atoms with van der Waals surface area (Å²) >= 11 is 0. The Bertz CT molecular complexity index is 473. The summed E-state index contributed by atoms with van der Waals surface area (Å²) in [6.07, 6.45) is 3.07. The third-order valence-electron chi connectivity index (χ3n) is 1.71. The third-order valence-corrected chi connectivity index (χ3v) is 1.71. The molecule has 64 valence electrons. The Kier molecular flexibility index (Phi) is 4.15. The number of rotatable bonds is 1. The molecule has 0 bridgehead atoms. The van der Waals surface area contributed by atoms with Crippen LogP contribution < -0.4 is 56.5 Å². The molecule has 5 heteroatoms. The van der Waals surface area contributed by atoms with Crippen molar-refractivity contribution in [2.45, 2.75) is 0 Å². The molecular formula is C9H5KN2O2. The molecule has 1 aromatic heterocycles. The summed E-state index contributed by atoms with van der Waals surface area (Å²) in [6, 6.07) is 4.50. The zero-order valence-corrected chi connectivity index (χ0v) is 10.7. The molecule has 4 nitrogen and oxygen atoms in total. The molecule has 1 heterocycles. The topological polar surface area (TPSA) is 65.9 Å². The summed E-state index contributed by atoms with van der Waals surface area (Å²) in [5.41, 5.74) is 1.35. The molecule has 1 aromatic carbocycles. The van der Waals surface area contributed by atoms with Gasteiger partial charge >= 0.3 is 51.4 Å². The molecule has 0 aliphatic carbocycles. The number of carbonyl (C=O) groups is 1. The van der Waals surface area contributed by atoms with Gasteiger partial charge in [-0.3, -0.25) is 9.97 Å². The van der Waals surface area contributed by atoms with Crippen molar-refractivity contribution in [1.29, 1.82) is 0 Å². The van der Waals surface area contributed by atoms with Crippen LogP contribution in [0.3, 0.4) is 0 Å². The van der Waals surface area contributed by atoms with Crippen molar-refractivity contribution in [1.82, 2.24) is 9.97 Å². The van der Waals surface area contributed by atoms with Crippen LogP contribution >= 0.6 is 0 Å². The van der Waals surface area contributed by atoms with Crippen LogP contribution in [0.1, 0.15) is 10.4 Å². The molecular weight excluding hydrogens is 207 g/mol. The van der Waals surface area contributed by atoms with E-state index in [2.05, 4.69) is 9.97 Å². The van der Waals surface area contributed by atoms with E-state index in [4.69, 9.17) is 0 Å². The van der Waals surface area contributed by atoms with Gasteiger partial charge in [-0.1, -0.05) is 6.07 Å². The fraction of sp³-hybridized carbons (Fsp3) is 0. The van der Waals surface area contributed by atoms with Crippen LogP contribution in [0.25, 0.3) is 11.0 Å². The summed E-state index contributed by atoms with van der Waals surface area (Å²) in [4.78, 5) is 18.5. The van der Waals surface area contributed by atoms with Gasteiger partial charge in [-0.15, -0.1) is 0 Å². The zero-order valence-electron chi connectivity index (χ0n) is 7.60. The largest absolute Gasteiger partial charge is 1.00 e. The van der Waals surface area contributed by atoms with Gasteiger partial charge in [-0.25, -0.2) is 0 Å². The van der Waals surface area contributed by atoms with E-state index in [1.165, 1.54) is 18.3 Å². The van der Waals surface area contributed by atoms with Gasteiger partial charge in [0.1, 0.15) is 0 Å². The summed E-state index contributed by atoms with van der Waals surface area (Å²) in [7, 11) is 0. The summed E-state index contributed by atoms with van der Waals surface area (Å²) < 4.78 is 0. The minimum absolute atomic E-state index is 0. The predicted molar refractivity (Wildman–Crippen MR) is 43.9 cm³/mol. The molecule has 0 N–H and O–H groups in total. The molecule has 14 heavy (non-hydrogen) atoms. The monoisotopic (exact) mass is 212 g/mol. The molecule has 0 atom stereocenters. The molecule has 2 aromatic rings. The summed E-state index contributed by atoms with van der Waals surface area (Å²) in [5.74, 6) is -1.20. The Labute approximate surface area is 123 Å². The van der Waals surface area contributed by atoms with Gasteiger partial charge in [0.2, 0.25) is 0 Å². The van der Waals surface area contributed by atoms with Gasteiger partial charge in [0.15, 0.2) is 0 Å². The van der Waals surface area contributed by atoms with Crippen molar-refractivity contribution in [2.24, 2.45) is 0 Å².